The van der Waals surface area contributed by atoms with Crippen LogP contribution in [0.2, 0.25) is 0 Å². The molecule has 6 aromatic carbocycles. The average Bonchev–Trinajstić information content (AvgIpc) is 3.33. The molecule has 0 fully saturated rings. The summed E-state index contributed by atoms with van der Waals surface area (Å²) in [5, 5.41) is 3.18. The summed E-state index contributed by atoms with van der Waals surface area (Å²) in [6, 6.07) is 32.2. The molecule has 0 aliphatic rings. The Morgan fingerprint density at radius 2 is 0.797 bits per heavy atom. The molecular formula is C52H50O12. The molecule has 0 bridgehead atoms. The lowest BCUT2D eigenvalue weighted by atomic mass is 9.92. The van der Waals surface area contributed by atoms with Crippen LogP contribution in [0.15, 0.2) is 109 Å². The SMILES string of the molecule is C#Cc1ccc(OCCOCCOCCOC)c(C(=O)Oc2ccc3ccccc3c2-c2c(OC(=O)c3cc(C#C)ccc3OCCOCCOCCOC)ccc3ccccc23)c1. The smallest absolute Gasteiger partial charge is 0.347 e. The van der Waals surface area contributed by atoms with E-state index in [1.54, 1.807) is 62.8 Å². The molecule has 6 rings (SSSR count). The van der Waals surface area contributed by atoms with Gasteiger partial charge >= 0.3 is 11.9 Å². The fourth-order valence-corrected chi connectivity index (χ4v) is 6.66. The maximum absolute atomic E-state index is 14.3. The highest BCUT2D eigenvalue weighted by molar-refractivity contribution is 6.11. The summed E-state index contributed by atoms with van der Waals surface area (Å²) in [5.41, 5.74) is 2.17. The molecule has 0 heterocycles. The fraction of sp³-hybridized carbons (Fsp3) is 0.269. The molecular weight excluding hydrogens is 817 g/mol. The zero-order valence-corrected chi connectivity index (χ0v) is 35.9. The van der Waals surface area contributed by atoms with Crippen LogP contribution in [0.1, 0.15) is 31.8 Å². The maximum Gasteiger partial charge on any atom is 0.347 e. The van der Waals surface area contributed by atoms with Gasteiger partial charge in [-0.15, -0.1) is 12.8 Å². The molecule has 0 aromatic heterocycles. The van der Waals surface area contributed by atoms with Crippen molar-refractivity contribution in [3.8, 4) is 58.8 Å². The molecule has 12 heteroatoms. The molecule has 0 aliphatic carbocycles. The van der Waals surface area contributed by atoms with Crippen LogP contribution in [0.25, 0.3) is 32.7 Å². The second-order valence-electron chi connectivity index (χ2n) is 13.9. The Labute approximate surface area is 373 Å². The first-order valence-electron chi connectivity index (χ1n) is 20.7. The maximum atomic E-state index is 14.3. The normalized spacial score (nSPS) is 10.9. The van der Waals surface area contributed by atoms with Gasteiger partial charge in [-0.2, -0.15) is 0 Å². The van der Waals surface area contributed by atoms with E-state index in [1.807, 2.05) is 60.7 Å². The lowest BCUT2D eigenvalue weighted by Gasteiger charge is -2.19. The van der Waals surface area contributed by atoms with E-state index in [0.29, 0.717) is 75.1 Å². The second kappa shape index (κ2) is 24.8. The molecule has 0 aliphatic heterocycles. The molecule has 0 unspecified atom stereocenters. The number of terminal acetylenes is 2. The van der Waals surface area contributed by atoms with Crippen LogP contribution in [0.5, 0.6) is 23.0 Å². The van der Waals surface area contributed by atoms with Crippen molar-refractivity contribution < 1.29 is 57.0 Å². The number of methoxy groups -OCH3 is 2. The monoisotopic (exact) mass is 866 g/mol. The standard InChI is InChI=1S/C52H50O12/c1-5-37-15-19-45(61-33-31-59-29-27-57-25-23-55-3)43(35-37)51(53)63-47-21-17-39-11-7-9-13-41(39)49(47)50-42-14-10-8-12-40(42)18-22-48(50)64-52(54)44-36-38(6-2)16-20-46(44)62-34-32-60-30-28-58-26-24-56-4/h1-2,7-22,35-36H,23-34H2,3-4H3. The topological polar surface area (TPSA) is 126 Å². The molecule has 6 aromatic rings. The lowest BCUT2D eigenvalue weighted by Crippen LogP contribution is -2.16. The average molecular weight is 867 g/mol. The van der Waals surface area contributed by atoms with E-state index in [9.17, 15) is 9.59 Å². The van der Waals surface area contributed by atoms with Crippen LogP contribution in [-0.2, 0) is 28.4 Å². The molecule has 330 valence electrons. The van der Waals surface area contributed by atoms with E-state index in [0.717, 1.165) is 21.5 Å². The highest BCUT2D eigenvalue weighted by atomic mass is 16.6. The van der Waals surface area contributed by atoms with E-state index >= 15 is 0 Å². The number of carbonyl (C=O) groups is 2. The van der Waals surface area contributed by atoms with E-state index < -0.39 is 11.9 Å². The van der Waals surface area contributed by atoms with Crippen LogP contribution in [0, 0.1) is 24.7 Å². The van der Waals surface area contributed by atoms with Crippen LogP contribution >= 0.6 is 0 Å². The first kappa shape index (κ1) is 46.8. The van der Waals surface area contributed by atoms with Crippen LogP contribution in [0.3, 0.4) is 0 Å². The van der Waals surface area contributed by atoms with E-state index in [1.165, 1.54) is 0 Å². The molecule has 12 nitrogen and oxygen atoms in total. The quantitative estimate of drug-likeness (QED) is 0.0239. The van der Waals surface area contributed by atoms with Crippen LogP contribution < -0.4 is 18.9 Å². The Morgan fingerprint density at radius 3 is 1.19 bits per heavy atom. The third kappa shape index (κ3) is 12.7. The summed E-state index contributed by atoms with van der Waals surface area (Å²) in [5.74, 6) is 4.66. The number of hydrogen-bond donors (Lipinski definition) is 0. The van der Waals surface area contributed by atoms with Gasteiger partial charge in [0.25, 0.3) is 0 Å². The van der Waals surface area contributed by atoms with E-state index in [4.69, 9.17) is 60.2 Å². The third-order valence-corrected chi connectivity index (χ3v) is 9.75. The first-order valence-corrected chi connectivity index (χ1v) is 20.7. The van der Waals surface area contributed by atoms with Gasteiger partial charge in [0.05, 0.1) is 66.1 Å². The number of esters is 2. The van der Waals surface area contributed by atoms with Crippen molar-refractivity contribution in [1.82, 2.24) is 0 Å². The number of ether oxygens (including phenoxy) is 10. The number of benzene rings is 6. The van der Waals surface area contributed by atoms with E-state index in [-0.39, 0.29) is 60.6 Å². The summed E-state index contributed by atoms with van der Waals surface area (Å²) in [7, 11) is 3.22. The van der Waals surface area contributed by atoms with Gasteiger partial charge in [0, 0.05) is 36.5 Å². The zero-order chi connectivity index (χ0) is 44.9. The minimum Gasteiger partial charge on any atom is -0.490 e. The number of carbonyl (C=O) groups excluding carboxylic acids is 2. The van der Waals surface area contributed by atoms with Gasteiger partial charge in [0.1, 0.15) is 47.3 Å². The fourth-order valence-electron chi connectivity index (χ4n) is 6.66. The van der Waals surface area contributed by atoms with Gasteiger partial charge < -0.3 is 47.4 Å². The minimum atomic E-state index is -0.717. The van der Waals surface area contributed by atoms with Crippen molar-refractivity contribution in [2.24, 2.45) is 0 Å². The van der Waals surface area contributed by atoms with Gasteiger partial charge in [0.2, 0.25) is 0 Å². The Morgan fingerprint density at radius 1 is 0.438 bits per heavy atom. The van der Waals surface area contributed by atoms with Crippen LogP contribution in [-0.4, -0.2) is 105 Å². The Balaban J connectivity index is 1.30. The largest absolute Gasteiger partial charge is 0.490 e. The molecule has 64 heavy (non-hydrogen) atoms. The van der Waals surface area contributed by atoms with Crippen molar-refractivity contribution in [3.05, 3.63) is 131 Å². The van der Waals surface area contributed by atoms with Crippen molar-refractivity contribution in [2.75, 3.05) is 93.5 Å². The van der Waals surface area contributed by atoms with Crippen molar-refractivity contribution in [2.45, 2.75) is 0 Å². The number of rotatable bonds is 25. The van der Waals surface area contributed by atoms with Crippen molar-refractivity contribution in [3.63, 3.8) is 0 Å². The zero-order valence-electron chi connectivity index (χ0n) is 35.9. The molecule has 0 saturated heterocycles. The first-order chi connectivity index (χ1) is 31.4. The molecule has 0 N–H and O–H groups in total. The lowest BCUT2D eigenvalue weighted by molar-refractivity contribution is 0.0178. The molecule has 0 spiro atoms. The molecule has 0 saturated carbocycles. The molecule has 0 atom stereocenters. The van der Waals surface area contributed by atoms with Gasteiger partial charge in [-0.1, -0.05) is 72.5 Å². The van der Waals surface area contributed by atoms with Gasteiger partial charge in [-0.05, 0) is 70.1 Å². The number of fused-ring (bicyclic) bond motifs is 2. The molecule has 0 amide bonds. The predicted molar refractivity (Wildman–Crippen MR) is 244 cm³/mol. The Bertz CT molecular complexity index is 2410. The molecule has 0 radical (unpaired) electrons. The van der Waals surface area contributed by atoms with E-state index in [2.05, 4.69) is 11.8 Å². The van der Waals surface area contributed by atoms with Gasteiger partial charge in [0.15, 0.2) is 0 Å². The van der Waals surface area contributed by atoms with Crippen LogP contribution in [0.4, 0.5) is 0 Å². The Kier molecular flexibility index (Phi) is 18.1. The third-order valence-electron chi connectivity index (χ3n) is 9.75. The summed E-state index contributed by atoms with van der Waals surface area (Å²) in [6.07, 6.45) is 11.5. The highest BCUT2D eigenvalue weighted by Crippen LogP contribution is 2.46. The van der Waals surface area contributed by atoms with Gasteiger partial charge in [-0.3, -0.25) is 0 Å². The summed E-state index contributed by atoms with van der Waals surface area (Å²) in [4.78, 5) is 28.7. The Hall–Kier alpha value is -6.74. The minimum absolute atomic E-state index is 0.115. The number of hydrogen-bond acceptors (Lipinski definition) is 12. The summed E-state index contributed by atoms with van der Waals surface area (Å²) < 4.78 is 56.8. The highest BCUT2D eigenvalue weighted by Gasteiger charge is 2.25. The predicted octanol–water partition coefficient (Wildman–Crippen LogP) is 8.18. The van der Waals surface area contributed by atoms with Gasteiger partial charge in [-0.25, -0.2) is 9.59 Å². The van der Waals surface area contributed by atoms with Crippen molar-refractivity contribution in [1.29, 1.82) is 0 Å². The summed E-state index contributed by atoms with van der Waals surface area (Å²) >= 11 is 0. The second-order valence-corrected chi connectivity index (χ2v) is 13.9. The summed E-state index contributed by atoms with van der Waals surface area (Å²) in [6.45, 7) is 4.26. The van der Waals surface area contributed by atoms with Crippen molar-refractivity contribution >= 4 is 33.5 Å².